The van der Waals surface area contributed by atoms with Crippen LogP contribution in [0.3, 0.4) is 0 Å². The first kappa shape index (κ1) is 20.4. The van der Waals surface area contributed by atoms with Gasteiger partial charge < -0.3 is 19.9 Å². The van der Waals surface area contributed by atoms with Crippen molar-refractivity contribution in [2.75, 3.05) is 19.8 Å². The SMILES string of the molecule is CC(COc1ccccc1)NCC(O)COc1cccc(-c2n[nH]c3ccsc23)c1. The number of ether oxygens (including phenoxy) is 2. The lowest BCUT2D eigenvalue weighted by atomic mass is 10.1. The Kier molecular flexibility index (Phi) is 6.63. The molecule has 2 atom stereocenters. The average molecular weight is 424 g/mol. The summed E-state index contributed by atoms with van der Waals surface area (Å²) in [6.45, 7) is 3.18. The third-order valence-electron chi connectivity index (χ3n) is 4.66. The fourth-order valence-electron chi connectivity index (χ4n) is 3.06. The van der Waals surface area contributed by atoms with Gasteiger partial charge in [0.1, 0.15) is 36.5 Å². The summed E-state index contributed by atoms with van der Waals surface area (Å²) < 4.78 is 12.7. The van der Waals surface area contributed by atoms with E-state index in [1.54, 1.807) is 11.3 Å². The topological polar surface area (TPSA) is 79.4 Å². The highest BCUT2D eigenvalue weighted by Crippen LogP contribution is 2.31. The van der Waals surface area contributed by atoms with Crippen LogP contribution in [-0.4, -0.2) is 47.2 Å². The van der Waals surface area contributed by atoms with Gasteiger partial charge in [-0.2, -0.15) is 5.10 Å². The summed E-state index contributed by atoms with van der Waals surface area (Å²) in [5.41, 5.74) is 2.94. The molecule has 30 heavy (non-hydrogen) atoms. The first-order valence-corrected chi connectivity index (χ1v) is 10.8. The van der Waals surface area contributed by atoms with Crippen molar-refractivity contribution in [2.24, 2.45) is 0 Å². The van der Waals surface area contributed by atoms with E-state index >= 15 is 0 Å². The minimum atomic E-state index is -0.623. The summed E-state index contributed by atoms with van der Waals surface area (Å²) in [5, 5.41) is 23.0. The monoisotopic (exact) mass is 423 g/mol. The minimum Gasteiger partial charge on any atom is -0.492 e. The van der Waals surface area contributed by atoms with E-state index < -0.39 is 6.10 Å². The van der Waals surface area contributed by atoms with Crippen molar-refractivity contribution in [3.8, 4) is 22.8 Å². The van der Waals surface area contributed by atoms with Crippen LogP contribution < -0.4 is 14.8 Å². The molecule has 0 amide bonds. The number of nitrogens with zero attached hydrogens (tertiary/aromatic N) is 1. The molecule has 0 aliphatic heterocycles. The predicted molar refractivity (Wildman–Crippen MR) is 120 cm³/mol. The van der Waals surface area contributed by atoms with E-state index in [-0.39, 0.29) is 12.6 Å². The maximum Gasteiger partial charge on any atom is 0.120 e. The van der Waals surface area contributed by atoms with Crippen LogP contribution in [0, 0.1) is 0 Å². The van der Waals surface area contributed by atoms with Crippen molar-refractivity contribution in [1.82, 2.24) is 15.5 Å². The molecule has 0 saturated carbocycles. The predicted octanol–water partition coefficient (Wildman–Crippen LogP) is 4.09. The molecular formula is C23H25N3O3S. The number of hydrogen-bond donors (Lipinski definition) is 3. The Labute approximate surface area is 179 Å². The van der Waals surface area contributed by atoms with Crippen molar-refractivity contribution >= 4 is 21.6 Å². The van der Waals surface area contributed by atoms with E-state index in [1.165, 1.54) is 0 Å². The molecule has 0 bridgehead atoms. The number of aliphatic hydroxyl groups is 1. The normalized spacial score (nSPS) is 13.3. The van der Waals surface area contributed by atoms with Gasteiger partial charge in [0.25, 0.3) is 0 Å². The number of aliphatic hydroxyl groups excluding tert-OH is 1. The third-order valence-corrected chi connectivity index (χ3v) is 5.58. The summed E-state index contributed by atoms with van der Waals surface area (Å²) in [7, 11) is 0. The molecule has 2 aromatic heterocycles. The molecule has 0 saturated heterocycles. The zero-order chi connectivity index (χ0) is 20.8. The maximum absolute atomic E-state index is 10.3. The quantitative estimate of drug-likeness (QED) is 0.358. The van der Waals surface area contributed by atoms with Crippen LogP contribution in [0.25, 0.3) is 21.5 Å². The number of nitrogens with one attached hydrogen (secondary N) is 2. The van der Waals surface area contributed by atoms with Crippen molar-refractivity contribution in [3.63, 3.8) is 0 Å². The van der Waals surface area contributed by atoms with Gasteiger partial charge >= 0.3 is 0 Å². The van der Waals surface area contributed by atoms with Gasteiger partial charge in [0, 0.05) is 18.2 Å². The standard InChI is InChI=1S/C23H25N3O3S/c1-16(14-28-19-7-3-2-4-8-19)24-13-18(27)15-29-20-9-5-6-17(12-20)22-23-21(25-26-22)10-11-30-23/h2-12,16,18,24,27H,13-15H2,1H3,(H,25,26). The molecule has 0 radical (unpaired) electrons. The highest BCUT2D eigenvalue weighted by atomic mass is 32.1. The lowest BCUT2D eigenvalue weighted by Gasteiger charge is -2.18. The van der Waals surface area contributed by atoms with Crippen LogP contribution in [-0.2, 0) is 0 Å². The van der Waals surface area contributed by atoms with E-state index in [4.69, 9.17) is 9.47 Å². The van der Waals surface area contributed by atoms with Crippen LogP contribution in [0.4, 0.5) is 0 Å². The van der Waals surface area contributed by atoms with Crippen molar-refractivity contribution in [3.05, 3.63) is 66.0 Å². The molecular weight excluding hydrogens is 398 g/mol. The Bertz CT molecular complexity index is 1060. The van der Waals surface area contributed by atoms with Crippen LogP contribution in [0.2, 0.25) is 0 Å². The van der Waals surface area contributed by atoms with Crippen LogP contribution in [0.15, 0.2) is 66.0 Å². The summed E-state index contributed by atoms with van der Waals surface area (Å²) >= 11 is 1.66. The Balaban J connectivity index is 1.24. The van der Waals surface area contributed by atoms with E-state index in [0.29, 0.717) is 18.9 Å². The van der Waals surface area contributed by atoms with Gasteiger partial charge in [0.2, 0.25) is 0 Å². The Morgan fingerprint density at radius 2 is 1.83 bits per heavy atom. The molecule has 2 heterocycles. The second-order valence-corrected chi connectivity index (χ2v) is 8.08. The number of fused-ring (bicyclic) bond motifs is 1. The van der Waals surface area contributed by atoms with Gasteiger partial charge in [0.15, 0.2) is 0 Å². The number of aromatic nitrogens is 2. The van der Waals surface area contributed by atoms with E-state index in [9.17, 15) is 5.11 Å². The zero-order valence-corrected chi connectivity index (χ0v) is 17.6. The molecule has 0 aliphatic rings. The molecule has 3 N–H and O–H groups in total. The summed E-state index contributed by atoms with van der Waals surface area (Å²) in [6.07, 6.45) is -0.623. The second kappa shape index (κ2) is 9.75. The highest BCUT2D eigenvalue weighted by Gasteiger charge is 2.12. The smallest absolute Gasteiger partial charge is 0.120 e. The van der Waals surface area contributed by atoms with Crippen LogP contribution in [0.5, 0.6) is 11.5 Å². The molecule has 4 rings (SSSR count). The third kappa shape index (κ3) is 5.18. The molecule has 2 unspecified atom stereocenters. The van der Waals surface area contributed by atoms with E-state index in [1.807, 2.05) is 73.0 Å². The summed E-state index contributed by atoms with van der Waals surface area (Å²) in [5.74, 6) is 1.55. The van der Waals surface area contributed by atoms with Gasteiger partial charge in [-0.3, -0.25) is 5.10 Å². The molecule has 0 fully saturated rings. The second-order valence-electron chi connectivity index (χ2n) is 7.16. The lowest BCUT2D eigenvalue weighted by Crippen LogP contribution is -2.39. The number of hydrogen-bond acceptors (Lipinski definition) is 6. The number of aromatic amines is 1. The molecule has 7 heteroatoms. The average Bonchev–Trinajstić information content (AvgIpc) is 3.40. The highest BCUT2D eigenvalue weighted by molar-refractivity contribution is 7.17. The molecule has 0 aliphatic carbocycles. The Hall–Kier alpha value is -2.87. The van der Waals surface area contributed by atoms with Crippen molar-refractivity contribution in [1.29, 1.82) is 0 Å². The van der Waals surface area contributed by atoms with E-state index in [0.717, 1.165) is 27.2 Å². The van der Waals surface area contributed by atoms with E-state index in [2.05, 4.69) is 15.5 Å². The van der Waals surface area contributed by atoms with Gasteiger partial charge in [-0.25, -0.2) is 0 Å². The summed E-state index contributed by atoms with van der Waals surface area (Å²) in [6, 6.07) is 19.6. The fourth-order valence-corrected chi connectivity index (χ4v) is 3.92. The molecule has 0 spiro atoms. The molecule has 6 nitrogen and oxygen atoms in total. The lowest BCUT2D eigenvalue weighted by molar-refractivity contribution is 0.102. The zero-order valence-electron chi connectivity index (χ0n) is 16.7. The number of benzene rings is 2. The first-order chi connectivity index (χ1) is 14.7. The van der Waals surface area contributed by atoms with Gasteiger partial charge in [-0.1, -0.05) is 30.3 Å². The molecule has 2 aromatic carbocycles. The first-order valence-electron chi connectivity index (χ1n) is 9.93. The van der Waals surface area contributed by atoms with Crippen LogP contribution >= 0.6 is 11.3 Å². The fraction of sp³-hybridized carbons (Fsp3) is 0.261. The molecule has 156 valence electrons. The molecule has 4 aromatic rings. The van der Waals surface area contributed by atoms with Gasteiger partial charge in [0.05, 0.1) is 10.2 Å². The van der Waals surface area contributed by atoms with Crippen molar-refractivity contribution in [2.45, 2.75) is 19.1 Å². The largest absolute Gasteiger partial charge is 0.492 e. The van der Waals surface area contributed by atoms with Gasteiger partial charge in [-0.15, -0.1) is 11.3 Å². The number of rotatable bonds is 10. The number of thiophene rings is 1. The summed E-state index contributed by atoms with van der Waals surface area (Å²) in [4.78, 5) is 0. The van der Waals surface area contributed by atoms with Crippen molar-refractivity contribution < 1.29 is 14.6 Å². The maximum atomic E-state index is 10.3. The Morgan fingerprint density at radius 3 is 2.70 bits per heavy atom. The minimum absolute atomic E-state index is 0.107. The number of para-hydroxylation sites is 1. The van der Waals surface area contributed by atoms with Crippen LogP contribution in [0.1, 0.15) is 6.92 Å². The van der Waals surface area contributed by atoms with Gasteiger partial charge in [-0.05, 0) is 42.6 Å². The number of H-pyrrole nitrogens is 1. The Morgan fingerprint density at radius 1 is 1.03 bits per heavy atom.